The SMILES string of the molecule is CCC(C)N(C)C1(CN)CCCC(C(C)(C)C)CC1. The van der Waals surface area contributed by atoms with E-state index in [0.29, 0.717) is 11.5 Å². The molecule has 2 N–H and O–H groups in total. The van der Waals surface area contributed by atoms with Crippen molar-refractivity contribution in [3.8, 4) is 0 Å². The Morgan fingerprint density at radius 3 is 2.37 bits per heavy atom. The molecule has 1 aliphatic carbocycles. The standard InChI is InChI=1S/C17H36N2/c1-7-14(2)19(6)17(13-18)11-8-9-15(10-12-17)16(3,4)5/h14-15H,7-13,18H2,1-6H3. The molecule has 3 unspecified atom stereocenters. The smallest absolute Gasteiger partial charge is 0.0331 e. The molecule has 114 valence electrons. The summed E-state index contributed by atoms with van der Waals surface area (Å²) in [6.45, 7) is 12.6. The largest absolute Gasteiger partial charge is 0.329 e. The molecule has 0 aromatic rings. The summed E-state index contributed by atoms with van der Waals surface area (Å²) in [5, 5.41) is 0. The molecule has 0 radical (unpaired) electrons. The number of hydrogen-bond acceptors (Lipinski definition) is 2. The highest BCUT2D eigenvalue weighted by Gasteiger charge is 2.39. The van der Waals surface area contributed by atoms with Crippen LogP contribution in [0.4, 0.5) is 0 Å². The van der Waals surface area contributed by atoms with Crippen molar-refractivity contribution in [1.29, 1.82) is 0 Å². The number of nitrogens with zero attached hydrogens (tertiary/aromatic N) is 1. The molecule has 0 spiro atoms. The molecule has 19 heavy (non-hydrogen) atoms. The fourth-order valence-electron chi connectivity index (χ4n) is 3.70. The van der Waals surface area contributed by atoms with Crippen LogP contribution in [-0.2, 0) is 0 Å². The van der Waals surface area contributed by atoms with Crippen molar-refractivity contribution in [2.45, 2.75) is 84.7 Å². The zero-order chi connectivity index (χ0) is 14.7. The molecule has 2 nitrogen and oxygen atoms in total. The van der Waals surface area contributed by atoms with E-state index in [2.05, 4.69) is 46.6 Å². The molecular formula is C17H36N2. The Balaban J connectivity index is 2.81. The van der Waals surface area contributed by atoms with Crippen LogP contribution in [-0.4, -0.2) is 30.1 Å². The lowest BCUT2D eigenvalue weighted by atomic mass is 9.76. The first-order valence-electron chi connectivity index (χ1n) is 8.20. The first kappa shape index (κ1) is 17.0. The minimum atomic E-state index is 0.245. The van der Waals surface area contributed by atoms with E-state index in [9.17, 15) is 0 Å². The second-order valence-electron chi connectivity index (χ2n) is 7.79. The molecule has 0 heterocycles. The van der Waals surface area contributed by atoms with Gasteiger partial charge in [-0.1, -0.05) is 34.1 Å². The lowest BCUT2D eigenvalue weighted by Crippen LogP contribution is -2.55. The van der Waals surface area contributed by atoms with Gasteiger partial charge >= 0.3 is 0 Å². The molecule has 1 rings (SSSR count). The van der Waals surface area contributed by atoms with Crippen LogP contribution in [0.2, 0.25) is 0 Å². The van der Waals surface area contributed by atoms with E-state index in [4.69, 9.17) is 5.73 Å². The Kier molecular flexibility index (Phi) is 5.88. The molecule has 0 saturated heterocycles. The number of likely N-dealkylation sites (N-methyl/N-ethyl adjacent to an activating group) is 1. The molecule has 2 heteroatoms. The molecule has 0 aromatic heterocycles. The third-order valence-corrected chi connectivity index (χ3v) is 5.76. The van der Waals surface area contributed by atoms with E-state index in [0.717, 1.165) is 12.5 Å². The summed E-state index contributed by atoms with van der Waals surface area (Å²) in [6, 6.07) is 0.634. The predicted molar refractivity (Wildman–Crippen MR) is 85.3 cm³/mol. The second-order valence-corrected chi connectivity index (χ2v) is 7.79. The van der Waals surface area contributed by atoms with Gasteiger partial charge in [-0.15, -0.1) is 0 Å². The Hall–Kier alpha value is -0.0800. The molecule has 1 aliphatic rings. The fourth-order valence-corrected chi connectivity index (χ4v) is 3.70. The Morgan fingerprint density at radius 1 is 1.26 bits per heavy atom. The molecular weight excluding hydrogens is 232 g/mol. The molecule has 0 aromatic carbocycles. The van der Waals surface area contributed by atoms with E-state index in [1.54, 1.807) is 0 Å². The molecule has 1 saturated carbocycles. The molecule has 1 fully saturated rings. The highest BCUT2D eigenvalue weighted by Crippen LogP contribution is 2.41. The van der Waals surface area contributed by atoms with Crippen LogP contribution in [0.1, 0.15) is 73.1 Å². The normalized spacial score (nSPS) is 31.3. The van der Waals surface area contributed by atoms with E-state index in [1.165, 1.54) is 38.5 Å². The van der Waals surface area contributed by atoms with Crippen molar-refractivity contribution in [3.63, 3.8) is 0 Å². The van der Waals surface area contributed by atoms with Gasteiger partial charge in [-0.05, 0) is 57.4 Å². The van der Waals surface area contributed by atoms with Crippen LogP contribution in [0.15, 0.2) is 0 Å². The number of rotatable bonds is 4. The number of hydrogen-bond donors (Lipinski definition) is 1. The van der Waals surface area contributed by atoms with Gasteiger partial charge in [0, 0.05) is 18.1 Å². The van der Waals surface area contributed by atoms with Gasteiger partial charge in [0.1, 0.15) is 0 Å². The summed E-state index contributed by atoms with van der Waals surface area (Å²) >= 11 is 0. The van der Waals surface area contributed by atoms with Gasteiger partial charge < -0.3 is 5.73 Å². The van der Waals surface area contributed by atoms with Gasteiger partial charge in [-0.25, -0.2) is 0 Å². The van der Waals surface area contributed by atoms with Crippen LogP contribution in [0.25, 0.3) is 0 Å². The van der Waals surface area contributed by atoms with Gasteiger partial charge in [0.05, 0.1) is 0 Å². The van der Waals surface area contributed by atoms with E-state index >= 15 is 0 Å². The van der Waals surface area contributed by atoms with Crippen molar-refractivity contribution in [1.82, 2.24) is 4.90 Å². The summed E-state index contributed by atoms with van der Waals surface area (Å²) in [7, 11) is 2.29. The molecule has 0 bridgehead atoms. The fraction of sp³-hybridized carbons (Fsp3) is 1.00. The van der Waals surface area contributed by atoms with Gasteiger partial charge in [-0.3, -0.25) is 4.90 Å². The average Bonchev–Trinajstić information content (AvgIpc) is 2.59. The molecule has 0 aliphatic heterocycles. The second kappa shape index (κ2) is 6.58. The summed E-state index contributed by atoms with van der Waals surface area (Å²) in [6.07, 6.45) is 7.80. The maximum absolute atomic E-state index is 6.21. The lowest BCUT2D eigenvalue weighted by molar-refractivity contribution is 0.0647. The highest BCUT2D eigenvalue weighted by molar-refractivity contribution is 4.95. The highest BCUT2D eigenvalue weighted by atomic mass is 15.2. The summed E-state index contributed by atoms with van der Waals surface area (Å²) in [5.41, 5.74) is 6.90. The monoisotopic (exact) mass is 268 g/mol. The summed E-state index contributed by atoms with van der Waals surface area (Å²) < 4.78 is 0. The minimum Gasteiger partial charge on any atom is -0.329 e. The van der Waals surface area contributed by atoms with Crippen LogP contribution >= 0.6 is 0 Å². The van der Waals surface area contributed by atoms with Gasteiger partial charge in [0.15, 0.2) is 0 Å². The van der Waals surface area contributed by atoms with Crippen molar-refractivity contribution in [2.24, 2.45) is 17.1 Å². The van der Waals surface area contributed by atoms with Gasteiger partial charge in [0.25, 0.3) is 0 Å². The van der Waals surface area contributed by atoms with Crippen molar-refractivity contribution >= 4 is 0 Å². The average molecular weight is 268 g/mol. The van der Waals surface area contributed by atoms with Crippen LogP contribution in [0.5, 0.6) is 0 Å². The predicted octanol–water partition coefficient (Wildman–Crippen LogP) is 4.04. The zero-order valence-corrected chi connectivity index (χ0v) is 14.1. The van der Waals surface area contributed by atoms with E-state index in [-0.39, 0.29) is 5.54 Å². The maximum atomic E-state index is 6.21. The van der Waals surface area contributed by atoms with Crippen LogP contribution in [0, 0.1) is 11.3 Å². The lowest BCUT2D eigenvalue weighted by Gasteiger charge is -2.44. The Bertz CT molecular complexity index is 269. The van der Waals surface area contributed by atoms with Crippen molar-refractivity contribution in [3.05, 3.63) is 0 Å². The topological polar surface area (TPSA) is 29.3 Å². The van der Waals surface area contributed by atoms with Crippen molar-refractivity contribution in [2.75, 3.05) is 13.6 Å². The van der Waals surface area contributed by atoms with E-state index in [1.807, 2.05) is 0 Å². The van der Waals surface area contributed by atoms with Gasteiger partial charge in [0.2, 0.25) is 0 Å². The quantitative estimate of drug-likeness (QED) is 0.780. The summed E-state index contributed by atoms with van der Waals surface area (Å²) in [5.74, 6) is 0.853. The van der Waals surface area contributed by atoms with Gasteiger partial charge in [-0.2, -0.15) is 0 Å². The first-order chi connectivity index (χ1) is 8.77. The first-order valence-corrected chi connectivity index (χ1v) is 8.20. The maximum Gasteiger partial charge on any atom is 0.0331 e. The summed E-state index contributed by atoms with van der Waals surface area (Å²) in [4.78, 5) is 2.58. The third-order valence-electron chi connectivity index (χ3n) is 5.76. The Morgan fingerprint density at radius 2 is 1.89 bits per heavy atom. The van der Waals surface area contributed by atoms with Crippen LogP contribution in [0.3, 0.4) is 0 Å². The zero-order valence-electron chi connectivity index (χ0n) is 14.1. The van der Waals surface area contributed by atoms with E-state index < -0.39 is 0 Å². The number of nitrogens with two attached hydrogens (primary N) is 1. The molecule has 0 amide bonds. The minimum absolute atomic E-state index is 0.245. The Labute approximate surface area is 121 Å². The van der Waals surface area contributed by atoms with Crippen LogP contribution < -0.4 is 5.73 Å². The van der Waals surface area contributed by atoms with Crippen molar-refractivity contribution < 1.29 is 0 Å². The third kappa shape index (κ3) is 3.95. The molecule has 3 atom stereocenters.